The molecule has 0 radical (unpaired) electrons. The third-order valence-electron chi connectivity index (χ3n) is 3.03. The molecule has 0 N–H and O–H groups in total. The molecule has 0 aromatic carbocycles. The highest BCUT2D eigenvalue weighted by atomic mass is 16.1. The van der Waals surface area contributed by atoms with Crippen LogP contribution in [0.3, 0.4) is 0 Å². The van der Waals surface area contributed by atoms with Gasteiger partial charge in [0.2, 0.25) is 0 Å². The van der Waals surface area contributed by atoms with Crippen LogP contribution in [-0.4, -0.2) is 15.8 Å². The Bertz CT molecular complexity index is 450. The zero-order valence-electron chi connectivity index (χ0n) is 13.1. The van der Waals surface area contributed by atoms with Gasteiger partial charge in [0.05, 0.1) is 17.1 Å². The van der Waals surface area contributed by atoms with Crippen molar-refractivity contribution in [2.75, 3.05) is 0 Å². The quantitative estimate of drug-likeness (QED) is 0.733. The number of aromatic nitrogens is 2. The van der Waals surface area contributed by atoms with Crippen LogP contribution < -0.4 is 0 Å². The van der Waals surface area contributed by atoms with E-state index in [1.807, 2.05) is 13.8 Å². The lowest BCUT2D eigenvalue weighted by molar-refractivity contribution is 0.0981. The van der Waals surface area contributed by atoms with Crippen molar-refractivity contribution >= 4 is 5.78 Å². The molecule has 0 fully saturated rings. The summed E-state index contributed by atoms with van der Waals surface area (Å²) in [5.41, 5.74) is 3.40. The average Bonchev–Trinajstić information content (AvgIpc) is 2.30. The molecular formula is C16H26N2O. The third kappa shape index (κ3) is 4.41. The Morgan fingerprint density at radius 2 is 1.53 bits per heavy atom. The number of rotatable bonds is 6. The Balaban J connectivity index is 3.24. The van der Waals surface area contributed by atoms with Crippen LogP contribution in [0.25, 0.3) is 0 Å². The molecule has 3 nitrogen and oxygen atoms in total. The second-order valence-corrected chi connectivity index (χ2v) is 6.02. The van der Waals surface area contributed by atoms with Crippen molar-refractivity contribution in [2.24, 2.45) is 11.8 Å². The van der Waals surface area contributed by atoms with Gasteiger partial charge in [-0.15, -0.1) is 0 Å². The van der Waals surface area contributed by atoms with E-state index in [9.17, 15) is 4.79 Å². The number of aryl methyl sites for hydroxylation is 1. The van der Waals surface area contributed by atoms with E-state index in [0.29, 0.717) is 24.0 Å². The van der Waals surface area contributed by atoms with Crippen LogP contribution in [0, 0.1) is 18.8 Å². The van der Waals surface area contributed by atoms with Gasteiger partial charge < -0.3 is 0 Å². The molecule has 0 aliphatic heterocycles. The van der Waals surface area contributed by atoms with Gasteiger partial charge in [0.1, 0.15) is 5.69 Å². The number of carbonyl (C=O) groups is 1. The number of nitrogens with zero attached hydrogens (tertiary/aromatic N) is 2. The molecule has 0 aliphatic rings. The van der Waals surface area contributed by atoms with E-state index >= 15 is 0 Å². The molecule has 1 heterocycles. The van der Waals surface area contributed by atoms with Crippen LogP contribution in [0.1, 0.15) is 68.6 Å². The number of carbonyl (C=O) groups excluding carboxylic acids is 1. The summed E-state index contributed by atoms with van der Waals surface area (Å²) in [6, 6.07) is 0. The van der Waals surface area contributed by atoms with Crippen molar-refractivity contribution in [1.29, 1.82) is 0 Å². The van der Waals surface area contributed by atoms with Crippen molar-refractivity contribution < 1.29 is 4.79 Å². The van der Waals surface area contributed by atoms with Gasteiger partial charge in [-0.1, -0.05) is 34.6 Å². The van der Waals surface area contributed by atoms with Crippen LogP contribution in [0.4, 0.5) is 0 Å². The molecule has 106 valence electrons. The van der Waals surface area contributed by atoms with E-state index in [2.05, 4.69) is 37.7 Å². The lowest BCUT2D eigenvalue weighted by atomic mass is 10.0. The topological polar surface area (TPSA) is 42.9 Å². The fourth-order valence-corrected chi connectivity index (χ4v) is 2.10. The molecule has 3 heteroatoms. The highest BCUT2D eigenvalue weighted by Crippen LogP contribution is 2.17. The minimum atomic E-state index is 0.105. The highest BCUT2D eigenvalue weighted by molar-refractivity contribution is 5.95. The number of hydrogen-bond donors (Lipinski definition) is 0. The second-order valence-electron chi connectivity index (χ2n) is 6.02. The molecule has 1 rings (SSSR count). The molecule has 0 amide bonds. The minimum Gasteiger partial charge on any atom is -0.292 e. The summed E-state index contributed by atoms with van der Waals surface area (Å²) in [6.45, 7) is 12.5. The van der Waals surface area contributed by atoms with Crippen LogP contribution in [0.2, 0.25) is 0 Å². The summed E-state index contributed by atoms with van der Waals surface area (Å²) in [7, 11) is 0. The Morgan fingerprint density at radius 1 is 1.00 bits per heavy atom. The van der Waals surface area contributed by atoms with Gasteiger partial charge in [0.15, 0.2) is 5.78 Å². The molecule has 1 aromatic heterocycles. The highest BCUT2D eigenvalue weighted by Gasteiger charge is 2.17. The Hall–Kier alpha value is -1.25. The van der Waals surface area contributed by atoms with Crippen LogP contribution >= 0.6 is 0 Å². The van der Waals surface area contributed by atoms with Crippen molar-refractivity contribution in [3.8, 4) is 0 Å². The van der Waals surface area contributed by atoms with E-state index in [1.54, 1.807) is 0 Å². The largest absolute Gasteiger partial charge is 0.292 e. The van der Waals surface area contributed by atoms with E-state index in [4.69, 9.17) is 0 Å². The maximum atomic E-state index is 12.1. The molecule has 0 saturated carbocycles. The normalized spacial score (nSPS) is 11.4. The van der Waals surface area contributed by atoms with E-state index < -0.39 is 0 Å². The number of ketones is 1. The van der Waals surface area contributed by atoms with Crippen LogP contribution in [0.15, 0.2) is 0 Å². The maximum absolute atomic E-state index is 12.1. The van der Waals surface area contributed by atoms with Crippen LogP contribution in [-0.2, 0) is 12.8 Å². The van der Waals surface area contributed by atoms with Gasteiger partial charge in [-0.2, -0.15) is 0 Å². The summed E-state index contributed by atoms with van der Waals surface area (Å²) < 4.78 is 0. The minimum absolute atomic E-state index is 0.105. The van der Waals surface area contributed by atoms with Gasteiger partial charge in [0, 0.05) is 6.42 Å². The monoisotopic (exact) mass is 262 g/mol. The fourth-order valence-electron chi connectivity index (χ4n) is 2.10. The summed E-state index contributed by atoms with van der Waals surface area (Å²) in [4.78, 5) is 21.3. The first-order chi connectivity index (χ1) is 8.85. The summed E-state index contributed by atoms with van der Waals surface area (Å²) in [5, 5.41) is 0. The smallest absolute Gasteiger partial charge is 0.182 e. The second kappa shape index (κ2) is 6.78. The van der Waals surface area contributed by atoms with Crippen molar-refractivity contribution in [2.45, 2.75) is 60.8 Å². The van der Waals surface area contributed by atoms with Gasteiger partial charge in [-0.25, -0.2) is 4.98 Å². The molecule has 0 atom stereocenters. The zero-order valence-corrected chi connectivity index (χ0v) is 13.1. The Labute approximate surface area is 116 Å². The van der Waals surface area contributed by atoms with E-state index in [-0.39, 0.29) is 5.78 Å². The van der Waals surface area contributed by atoms with Gasteiger partial charge >= 0.3 is 0 Å². The molecule has 0 unspecified atom stereocenters. The van der Waals surface area contributed by atoms with Gasteiger partial charge in [-0.05, 0) is 31.6 Å². The van der Waals surface area contributed by atoms with Crippen molar-refractivity contribution in [3.05, 3.63) is 22.8 Å². The summed E-state index contributed by atoms with van der Waals surface area (Å²) in [5.74, 6) is 1.11. The van der Waals surface area contributed by atoms with Crippen molar-refractivity contribution in [3.63, 3.8) is 0 Å². The predicted octanol–water partition coefficient (Wildman–Crippen LogP) is 3.77. The fraction of sp³-hybridized carbons (Fsp3) is 0.688. The SMILES string of the molecule is CCC(=O)c1nc(CC(C)C)c(C)nc1CC(C)C. The molecule has 1 aromatic rings. The lowest BCUT2D eigenvalue weighted by Crippen LogP contribution is -2.15. The van der Waals surface area contributed by atoms with Gasteiger partial charge in [0.25, 0.3) is 0 Å². The first-order valence-electron chi connectivity index (χ1n) is 7.24. The van der Waals surface area contributed by atoms with Gasteiger partial charge in [-0.3, -0.25) is 9.78 Å². The summed E-state index contributed by atoms with van der Waals surface area (Å²) >= 11 is 0. The number of Topliss-reactive ketones (excluding diaryl/α,β-unsaturated/α-hetero) is 1. The standard InChI is InChI=1S/C16H26N2O/c1-7-15(19)16-14(9-11(4)5)17-12(6)13(18-16)8-10(2)3/h10-11H,7-9H2,1-6H3. The number of hydrogen-bond acceptors (Lipinski definition) is 3. The third-order valence-corrected chi connectivity index (χ3v) is 3.03. The molecule has 0 bridgehead atoms. The Kier molecular flexibility index (Phi) is 5.64. The average molecular weight is 262 g/mol. The zero-order chi connectivity index (χ0) is 14.6. The predicted molar refractivity (Wildman–Crippen MR) is 78.5 cm³/mol. The molecular weight excluding hydrogens is 236 g/mol. The molecule has 19 heavy (non-hydrogen) atoms. The summed E-state index contributed by atoms with van der Waals surface area (Å²) in [6.07, 6.45) is 2.19. The maximum Gasteiger partial charge on any atom is 0.182 e. The van der Waals surface area contributed by atoms with E-state index in [0.717, 1.165) is 29.9 Å². The molecule has 0 aliphatic carbocycles. The Morgan fingerprint density at radius 3 is 2.00 bits per heavy atom. The molecule has 0 saturated heterocycles. The molecule has 0 spiro atoms. The van der Waals surface area contributed by atoms with Crippen LogP contribution in [0.5, 0.6) is 0 Å². The first-order valence-corrected chi connectivity index (χ1v) is 7.24. The van der Waals surface area contributed by atoms with E-state index in [1.165, 1.54) is 0 Å². The van der Waals surface area contributed by atoms with Crippen molar-refractivity contribution in [1.82, 2.24) is 9.97 Å². The lowest BCUT2D eigenvalue weighted by Gasteiger charge is -2.14. The first kappa shape index (κ1) is 15.8.